The highest BCUT2D eigenvalue weighted by Crippen LogP contribution is 2.38. The summed E-state index contributed by atoms with van der Waals surface area (Å²) in [5, 5.41) is 24.6. The fourth-order valence-electron chi connectivity index (χ4n) is 7.31. The zero-order valence-corrected chi connectivity index (χ0v) is 25.8. The average Bonchev–Trinajstić information content (AvgIpc) is 3.68. The van der Waals surface area contributed by atoms with Gasteiger partial charge in [-0.2, -0.15) is 10.5 Å². The van der Waals surface area contributed by atoms with Crippen LogP contribution in [0.1, 0.15) is 11.1 Å². The van der Waals surface area contributed by atoms with Crippen LogP contribution in [-0.4, -0.2) is 9.13 Å². The molecule has 9 rings (SSSR count). The van der Waals surface area contributed by atoms with Gasteiger partial charge in [0.2, 0.25) is 0 Å². The first-order chi connectivity index (χ1) is 23.7. The molecule has 0 radical (unpaired) electrons. The number of aromatic nitrogens is 2. The molecule has 222 valence electrons. The molecule has 4 heteroatoms. The second-order valence-corrected chi connectivity index (χ2v) is 12.0. The standard InChI is InChI=1S/C44H26N4/c45-27-32-10-9-19-43-44(32)37-14-4-8-18-42(37)48(43)39-15-5-1-11-34(39)30-22-20-29(21-23-30)31-24-25-38(33(26-31)28-46)47-40-16-6-2-12-35(40)36-13-3-7-17-41(36)47/h1-26H. The van der Waals surface area contributed by atoms with Crippen molar-refractivity contribution in [2.24, 2.45) is 0 Å². The Morgan fingerprint density at radius 3 is 1.58 bits per heavy atom. The molecule has 9 aromatic rings. The highest BCUT2D eigenvalue weighted by Gasteiger charge is 2.18. The van der Waals surface area contributed by atoms with Gasteiger partial charge in [0.15, 0.2) is 0 Å². The van der Waals surface area contributed by atoms with E-state index in [0.29, 0.717) is 11.1 Å². The van der Waals surface area contributed by atoms with Gasteiger partial charge in [-0.15, -0.1) is 0 Å². The van der Waals surface area contributed by atoms with E-state index in [1.807, 2.05) is 42.5 Å². The van der Waals surface area contributed by atoms with Gasteiger partial charge in [-0.05, 0) is 65.2 Å². The first-order valence-electron chi connectivity index (χ1n) is 15.9. The van der Waals surface area contributed by atoms with Gasteiger partial charge < -0.3 is 9.13 Å². The zero-order chi connectivity index (χ0) is 32.2. The normalized spacial score (nSPS) is 11.3. The molecule has 48 heavy (non-hydrogen) atoms. The first-order valence-corrected chi connectivity index (χ1v) is 15.9. The molecule has 2 heterocycles. The van der Waals surface area contributed by atoms with Crippen LogP contribution in [0.15, 0.2) is 158 Å². The Bertz CT molecular complexity index is 2750. The van der Waals surface area contributed by atoms with Crippen molar-refractivity contribution < 1.29 is 0 Å². The second kappa shape index (κ2) is 10.9. The lowest BCUT2D eigenvalue weighted by atomic mass is 9.97. The third kappa shape index (κ3) is 4.07. The molecule has 7 aromatic carbocycles. The second-order valence-electron chi connectivity index (χ2n) is 12.0. The quantitative estimate of drug-likeness (QED) is 0.199. The van der Waals surface area contributed by atoms with E-state index in [1.54, 1.807) is 0 Å². The molecule has 0 spiro atoms. The molecule has 0 aliphatic carbocycles. The van der Waals surface area contributed by atoms with Crippen molar-refractivity contribution in [3.8, 4) is 45.8 Å². The van der Waals surface area contributed by atoms with Crippen molar-refractivity contribution in [3.63, 3.8) is 0 Å². The molecule has 0 atom stereocenters. The summed E-state index contributed by atoms with van der Waals surface area (Å²) in [6.45, 7) is 0. The molecule has 2 aromatic heterocycles. The Morgan fingerprint density at radius 1 is 0.375 bits per heavy atom. The highest BCUT2D eigenvalue weighted by atomic mass is 15.0. The average molecular weight is 611 g/mol. The van der Waals surface area contributed by atoms with E-state index >= 15 is 0 Å². The summed E-state index contributed by atoms with van der Waals surface area (Å²) in [4.78, 5) is 0. The van der Waals surface area contributed by atoms with Gasteiger partial charge in [-0.3, -0.25) is 0 Å². The Morgan fingerprint density at radius 2 is 0.896 bits per heavy atom. The van der Waals surface area contributed by atoms with Crippen molar-refractivity contribution in [2.75, 3.05) is 0 Å². The maximum Gasteiger partial charge on any atom is 0.101 e. The molecule has 0 aliphatic heterocycles. The summed E-state index contributed by atoms with van der Waals surface area (Å²) >= 11 is 0. The van der Waals surface area contributed by atoms with Gasteiger partial charge in [-0.1, -0.05) is 109 Å². The van der Waals surface area contributed by atoms with E-state index in [2.05, 4.69) is 137 Å². The van der Waals surface area contributed by atoms with Crippen LogP contribution in [0, 0.1) is 22.7 Å². The summed E-state index contributed by atoms with van der Waals surface area (Å²) < 4.78 is 4.46. The van der Waals surface area contributed by atoms with Gasteiger partial charge >= 0.3 is 0 Å². The number of fused-ring (bicyclic) bond motifs is 6. The lowest BCUT2D eigenvalue weighted by Crippen LogP contribution is -1.98. The van der Waals surface area contributed by atoms with Crippen LogP contribution >= 0.6 is 0 Å². The molecule has 0 N–H and O–H groups in total. The van der Waals surface area contributed by atoms with Gasteiger partial charge in [0, 0.05) is 27.1 Å². The van der Waals surface area contributed by atoms with E-state index in [9.17, 15) is 10.5 Å². The molecule has 0 saturated carbocycles. The summed E-state index contributed by atoms with van der Waals surface area (Å²) in [5.41, 5.74) is 11.6. The van der Waals surface area contributed by atoms with E-state index in [4.69, 9.17) is 0 Å². The molecule has 0 unspecified atom stereocenters. The van der Waals surface area contributed by atoms with E-state index in [-0.39, 0.29) is 0 Å². The lowest BCUT2D eigenvalue weighted by Gasteiger charge is -2.15. The topological polar surface area (TPSA) is 57.4 Å². The molecule has 0 fully saturated rings. The molecule has 0 bridgehead atoms. The summed E-state index contributed by atoms with van der Waals surface area (Å²) in [5.74, 6) is 0. The first kappa shape index (κ1) is 27.4. The van der Waals surface area contributed by atoms with Crippen LogP contribution in [0.4, 0.5) is 0 Å². The molecule has 4 nitrogen and oxygen atoms in total. The van der Waals surface area contributed by atoms with Crippen LogP contribution in [-0.2, 0) is 0 Å². The monoisotopic (exact) mass is 610 g/mol. The maximum atomic E-state index is 10.3. The minimum atomic E-state index is 0.622. The Balaban J connectivity index is 1.14. The number of hydrogen-bond donors (Lipinski definition) is 0. The highest BCUT2D eigenvalue weighted by molar-refractivity contribution is 6.12. The predicted octanol–water partition coefficient (Wildman–Crippen LogP) is 11.0. The fourth-order valence-corrected chi connectivity index (χ4v) is 7.31. The van der Waals surface area contributed by atoms with Crippen molar-refractivity contribution in [1.29, 1.82) is 10.5 Å². The number of benzene rings is 7. The lowest BCUT2D eigenvalue weighted by molar-refractivity contribution is 1.17. The minimum absolute atomic E-state index is 0.622. The van der Waals surface area contributed by atoms with Gasteiger partial charge in [0.05, 0.1) is 50.6 Å². The van der Waals surface area contributed by atoms with E-state index in [1.165, 1.54) is 10.8 Å². The predicted molar refractivity (Wildman–Crippen MR) is 195 cm³/mol. The van der Waals surface area contributed by atoms with Gasteiger partial charge in [0.25, 0.3) is 0 Å². The van der Waals surface area contributed by atoms with Crippen LogP contribution < -0.4 is 0 Å². The number of para-hydroxylation sites is 4. The van der Waals surface area contributed by atoms with Crippen LogP contribution in [0.2, 0.25) is 0 Å². The van der Waals surface area contributed by atoms with Crippen LogP contribution in [0.3, 0.4) is 0 Å². The summed E-state index contributed by atoms with van der Waals surface area (Å²) in [7, 11) is 0. The third-order valence-electron chi connectivity index (χ3n) is 9.43. The summed E-state index contributed by atoms with van der Waals surface area (Å²) in [6, 6.07) is 58.9. The molecular weight excluding hydrogens is 585 g/mol. The minimum Gasteiger partial charge on any atom is -0.309 e. The smallest absolute Gasteiger partial charge is 0.101 e. The SMILES string of the molecule is N#Cc1cc(-c2ccc(-c3ccccc3-n3c4ccccc4c4c(C#N)cccc43)cc2)ccc1-n1c2ccccc2c2ccccc21. The van der Waals surface area contributed by atoms with Crippen molar-refractivity contribution >= 4 is 43.6 Å². The summed E-state index contributed by atoms with van der Waals surface area (Å²) in [6.07, 6.45) is 0. The van der Waals surface area contributed by atoms with E-state index in [0.717, 1.165) is 66.5 Å². The zero-order valence-electron chi connectivity index (χ0n) is 25.8. The van der Waals surface area contributed by atoms with Crippen molar-refractivity contribution in [2.45, 2.75) is 0 Å². The molecular formula is C44H26N4. The molecule has 0 amide bonds. The third-order valence-corrected chi connectivity index (χ3v) is 9.43. The van der Waals surface area contributed by atoms with Crippen LogP contribution in [0.25, 0.3) is 77.2 Å². The van der Waals surface area contributed by atoms with Crippen LogP contribution in [0.5, 0.6) is 0 Å². The number of hydrogen-bond acceptors (Lipinski definition) is 2. The molecule has 0 aliphatic rings. The van der Waals surface area contributed by atoms with Gasteiger partial charge in [-0.25, -0.2) is 0 Å². The number of nitriles is 2. The van der Waals surface area contributed by atoms with E-state index < -0.39 is 0 Å². The number of nitrogens with zero attached hydrogens (tertiary/aromatic N) is 4. The van der Waals surface area contributed by atoms with Crippen molar-refractivity contribution in [1.82, 2.24) is 9.13 Å². The Labute approximate surface area is 277 Å². The molecule has 0 saturated heterocycles. The maximum absolute atomic E-state index is 10.3. The fraction of sp³-hybridized carbons (Fsp3) is 0. The van der Waals surface area contributed by atoms with Crippen molar-refractivity contribution in [3.05, 3.63) is 169 Å². The Kier molecular flexibility index (Phi) is 6.22. The Hall–Kier alpha value is -6.88. The number of rotatable bonds is 4. The largest absolute Gasteiger partial charge is 0.309 e. The van der Waals surface area contributed by atoms with Gasteiger partial charge in [0.1, 0.15) is 6.07 Å².